The minimum atomic E-state index is 1.02. The van der Waals surface area contributed by atoms with Crippen LogP contribution in [0, 0.1) is 13.8 Å². The van der Waals surface area contributed by atoms with Gasteiger partial charge in [-0.1, -0.05) is 6.07 Å². The van der Waals surface area contributed by atoms with Crippen LogP contribution < -0.4 is 0 Å². The number of pyridine rings is 1. The molecule has 0 bridgehead atoms. The van der Waals surface area contributed by atoms with E-state index in [4.69, 9.17) is 0 Å². The third-order valence-electron chi connectivity index (χ3n) is 1.76. The van der Waals surface area contributed by atoms with Crippen LogP contribution in [-0.2, 0) is 0 Å². The Hall–Kier alpha value is -1.22. The highest BCUT2D eigenvalue weighted by atomic mass is 32.1. The highest BCUT2D eigenvalue weighted by Gasteiger charge is 2.02. The first-order valence-corrected chi connectivity index (χ1v) is 4.94. The van der Waals surface area contributed by atoms with Crippen molar-refractivity contribution in [2.75, 3.05) is 0 Å². The molecule has 2 aromatic rings. The van der Waals surface area contributed by atoms with E-state index in [1.807, 2.05) is 38.2 Å². The molecule has 0 fully saturated rings. The molecule has 0 N–H and O–H groups in total. The molecule has 66 valence electrons. The molecule has 2 heterocycles. The summed E-state index contributed by atoms with van der Waals surface area (Å²) >= 11 is 1.68. The Kier molecular flexibility index (Phi) is 2.10. The van der Waals surface area contributed by atoms with Gasteiger partial charge in [-0.05, 0) is 26.0 Å². The van der Waals surface area contributed by atoms with Gasteiger partial charge in [-0.15, -0.1) is 11.3 Å². The zero-order valence-electron chi connectivity index (χ0n) is 7.61. The predicted molar refractivity (Wildman–Crippen MR) is 54.8 cm³/mol. The Balaban J connectivity index is 2.46. The second kappa shape index (κ2) is 3.26. The Bertz CT molecular complexity index is 420. The predicted octanol–water partition coefficient (Wildman–Crippen LogP) is 2.82. The molecule has 0 aromatic carbocycles. The molecule has 0 unspecified atom stereocenters. The zero-order valence-corrected chi connectivity index (χ0v) is 8.43. The van der Waals surface area contributed by atoms with Gasteiger partial charge in [0.25, 0.3) is 0 Å². The molecule has 2 rings (SSSR count). The highest BCUT2D eigenvalue weighted by Crippen LogP contribution is 2.23. The first-order valence-electron chi connectivity index (χ1n) is 4.12. The van der Waals surface area contributed by atoms with Crippen LogP contribution in [0.4, 0.5) is 0 Å². The van der Waals surface area contributed by atoms with Crippen molar-refractivity contribution in [3.63, 3.8) is 0 Å². The van der Waals surface area contributed by atoms with Gasteiger partial charge in [0, 0.05) is 11.9 Å². The molecule has 0 aliphatic rings. The molecule has 2 aromatic heterocycles. The van der Waals surface area contributed by atoms with Crippen molar-refractivity contribution < 1.29 is 0 Å². The number of hydrogen-bond acceptors (Lipinski definition) is 3. The van der Waals surface area contributed by atoms with Crippen LogP contribution in [0.15, 0.2) is 24.4 Å². The molecule has 0 amide bonds. The standard InChI is InChI=1S/C10H10N2S/c1-7-4-3-5-9(12-7)10-6-11-8(2)13-10/h3-6H,1-2H3. The van der Waals surface area contributed by atoms with Crippen LogP contribution >= 0.6 is 11.3 Å². The van der Waals surface area contributed by atoms with E-state index in [1.165, 1.54) is 0 Å². The van der Waals surface area contributed by atoms with Crippen LogP contribution in [-0.4, -0.2) is 9.97 Å². The average molecular weight is 190 g/mol. The number of nitrogens with zero attached hydrogens (tertiary/aromatic N) is 2. The largest absolute Gasteiger partial charge is 0.252 e. The number of aryl methyl sites for hydroxylation is 2. The summed E-state index contributed by atoms with van der Waals surface area (Å²) in [6.07, 6.45) is 1.88. The average Bonchev–Trinajstić information content (AvgIpc) is 2.52. The summed E-state index contributed by atoms with van der Waals surface area (Å²) in [5, 5.41) is 1.08. The lowest BCUT2D eigenvalue weighted by Crippen LogP contribution is -1.82. The van der Waals surface area contributed by atoms with Gasteiger partial charge in [-0.25, -0.2) is 4.98 Å². The lowest BCUT2D eigenvalue weighted by Gasteiger charge is -1.96. The minimum absolute atomic E-state index is 1.02. The van der Waals surface area contributed by atoms with Crippen molar-refractivity contribution >= 4 is 11.3 Å². The first kappa shape index (κ1) is 8.38. The van der Waals surface area contributed by atoms with Crippen molar-refractivity contribution in [1.82, 2.24) is 9.97 Å². The maximum atomic E-state index is 4.43. The molecule has 0 atom stereocenters. The van der Waals surface area contributed by atoms with Crippen LogP contribution in [0.25, 0.3) is 10.6 Å². The second-order valence-corrected chi connectivity index (χ2v) is 4.14. The molecule has 0 aliphatic heterocycles. The van der Waals surface area contributed by atoms with E-state index in [-0.39, 0.29) is 0 Å². The number of rotatable bonds is 1. The van der Waals surface area contributed by atoms with Crippen LogP contribution in [0.5, 0.6) is 0 Å². The van der Waals surface area contributed by atoms with Crippen LogP contribution in [0.2, 0.25) is 0 Å². The van der Waals surface area contributed by atoms with E-state index < -0.39 is 0 Å². The van der Waals surface area contributed by atoms with Crippen molar-refractivity contribution in [1.29, 1.82) is 0 Å². The molecular weight excluding hydrogens is 180 g/mol. The summed E-state index contributed by atoms with van der Waals surface area (Å²) < 4.78 is 0. The van der Waals surface area contributed by atoms with Gasteiger partial charge in [0.2, 0.25) is 0 Å². The maximum absolute atomic E-state index is 4.43. The smallest absolute Gasteiger partial charge is 0.0901 e. The fraction of sp³-hybridized carbons (Fsp3) is 0.200. The maximum Gasteiger partial charge on any atom is 0.0901 e. The lowest BCUT2D eigenvalue weighted by molar-refractivity contribution is 1.21. The van der Waals surface area contributed by atoms with Crippen LogP contribution in [0.1, 0.15) is 10.7 Å². The molecule has 13 heavy (non-hydrogen) atoms. The Morgan fingerprint density at radius 1 is 1.23 bits per heavy atom. The third-order valence-corrected chi connectivity index (χ3v) is 2.70. The van der Waals surface area contributed by atoms with Gasteiger partial charge < -0.3 is 0 Å². The van der Waals surface area contributed by atoms with Crippen molar-refractivity contribution in [2.45, 2.75) is 13.8 Å². The molecular formula is C10H10N2S. The first-order chi connectivity index (χ1) is 6.25. The minimum Gasteiger partial charge on any atom is -0.252 e. The van der Waals surface area contributed by atoms with Crippen molar-refractivity contribution in [3.8, 4) is 10.6 Å². The molecule has 0 saturated heterocycles. The fourth-order valence-electron chi connectivity index (χ4n) is 1.16. The van der Waals surface area contributed by atoms with E-state index in [0.717, 1.165) is 21.3 Å². The van der Waals surface area contributed by atoms with E-state index in [9.17, 15) is 0 Å². The summed E-state index contributed by atoms with van der Waals surface area (Å²) in [4.78, 5) is 9.77. The van der Waals surface area contributed by atoms with Gasteiger partial charge in [-0.3, -0.25) is 4.98 Å². The highest BCUT2D eigenvalue weighted by molar-refractivity contribution is 7.15. The molecule has 0 aliphatic carbocycles. The molecule has 3 heteroatoms. The summed E-state index contributed by atoms with van der Waals surface area (Å²) in [5.41, 5.74) is 2.06. The molecule has 0 radical (unpaired) electrons. The quantitative estimate of drug-likeness (QED) is 0.691. The lowest BCUT2D eigenvalue weighted by atomic mass is 10.3. The van der Waals surface area contributed by atoms with Gasteiger partial charge in [0.05, 0.1) is 15.6 Å². The normalized spacial score (nSPS) is 10.3. The summed E-state index contributed by atoms with van der Waals surface area (Å²) in [6, 6.07) is 6.03. The van der Waals surface area contributed by atoms with E-state index in [2.05, 4.69) is 9.97 Å². The van der Waals surface area contributed by atoms with Crippen molar-refractivity contribution in [3.05, 3.63) is 35.1 Å². The van der Waals surface area contributed by atoms with Crippen LogP contribution in [0.3, 0.4) is 0 Å². The Morgan fingerprint density at radius 3 is 2.69 bits per heavy atom. The molecule has 0 saturated carbocycles. The third kappa shape index (κ3) is 1.75. The summed E-state index contributed by atoms with van der Waals surface area (Å²) in [5.74, 6) is 0. The number of hydrogen-bond donors (Lipinski definition) is 0. The van der Waals surface area contributed by atoms with E-state index in [1.54, 1.807) is 11.3 Å². The summed E-state index contributed by atoms with van der Waals surface area (Å²) in [7, 11) is 0. The number of thiazole rings is 1. The van der Waals surface area contributed by atoms with Crippen molar-refractivity contribution in [2.24, 2.45) is 0 Å². The molecule has 0 spiro atoms. The van der Waals surface area contributed by atoms with Gasteiger partial charge in [0.15, 0.2) is 0 Å². The number of aromatic nitrogens is 2. The Labute approximate surface area is 81.3 Å². The van der Waals surface area contributed by atoms with E-state index in [0.29, 0.717) is 0 Å². The topological polar surface area (TPSA) is 25.8 Å². The van der Waals surface area contributed by atoms with Gasteiger partial charge in [0.1, 0.15) is 0 Å². The SMILES string of the molecule is Cc1cccc(-c2cnc(C)s2)n1. The summed E-state index contributed by atoms with van der Waals surface area (Å²) in [6.45, 7) is 4.00. The Morgan fingerprint density at radius 2 is 2.08 bits per heavy atom. The van der Waals surface area contributed by atoms with Gasteiger partial charge in [-0.2, -0.15) is 0 Å². The zero-order chi connectivity index (χ0) is 9.26. The van der Waals surface area contributed by atoms with E-state index >= 15 is 0 Å². The van der Waals surface area contributed by atoms with Gasteiger partial charge >= 0.3 is 0 Å². The fourth-order valence-corrected chi connectivity index (χ4v) is 1.91. The molecule has 2 nitrogen and oxygen atoms in total. The monoisotopic (exact) mass is 190 g/mol. The second-order valence-electron chi connectivity index (χ2n) is 2.91.